The van der Waals surface area contributed by atoms with Crippen LogP contribution in [0.3, 0.4) is 0 Å². The van der Waals surface area contributed by atoms with Gasteiger partial charge >= 0.3 is 5.97 Å². The van der Waals surface area contributed by atoms with Crippen LogP contribution in [0.4, 0.5) is 5.69 Å². The lowest BCUT2D eigenvalue weighted by Gasteiger charge is -2.14. The first-order valence-corrected chi connectivity index (χ1v) is 11.9. The fourth-order valence-corrected chi connectivity index (χ4v) is 4.12. The predicted molar refractivity (Wildman–Crippen MR) is 126 cm³/mol. The second-order valence-corrected chi connectivity index (χ2v) is 9.36. The van der Waals surface area contributed by atoms with Gasteiger partial charge in [0.1, 0.15) is 0 Å². The number of anilines is 1. The first-order chi connectivity index (χ1) is 15.7. The number of nitrogens with one attached hydrogen (secondary N) is 2. The zero-order chi connectivity index (χ0) is 24.0. The van der Waals surface area contributed by atoms with Gasteiger partial charge in [0.15, 0.2) is 6.10 Å². The minimum Gasteiger partial charge on any atom is -0.449 e. The summed E-state index contributed by atoms with van der Waals surface area (Å²) in [5.41, 5.74) is 3.31. The van der Waals surface area contributed by atoms with E-state index in [1.165, 1.54) is 31.2 Å². The summed E-state index contributed by atoms with van der Waals surface area (Å²) in [6.45, 7) is 5.57. The van der Waals surface area contributed by atoms with E-state index >= 15 is 0 Å². The molecule has 0 bridgehead atoms. The molecule has 0 aliphatic rings. The van der Waals surface area contributed by atoms with Gasteiger partial charge in [-0.1, -0.05) is 36.4 Å². The number of benzene rings is 3. The molecule has 0 aromatic heterocycles. The van der Waals surface area contributed by atoms with E-state index in [1.54, 1.807) is 18.2 Å². The molecule has 0 fully saturated rings. The van der Waals surface area contributed by atoms with Crippen LogP contribution >= 0.6 is 0 Å². The van der Waals surface area contributed by atoms with Crippen molar-refractivity contribution in [2.45, 2.75) is 38.3 Å². The Hall–Kier alpha value is -3.65. The van der Waals surface area contributed by atoms with E-state index in [0.29, 0.717) is 12.2 Å². The summed E-state index contributed by atoms with van der Waals surface area (Å²) in [6, 6.07) is 20.1. The maximum Gasteiger partial charge on any atom is 0.338 e. The van der Waals surface area contributed by atoms with Crippen LogP contribution in [-0.4, -0.2) is 26.4 Å². The van der Waals surface area contributed by atoms with Crippen molar-refractivity contribution in [3.05, 3.63) is 95.1 Å². The van der Waals surface area contributed by atoms with E-state index in [0.717, 1.165) is 16.7 Å². The summed E-state index contributed by atoms with van der Waals surface area (Å²) >= 11 is 0. The normalized spacial score (nSPS) is 12.0. The van der Waals surface area contributed by atoms with Gasteiger partial charge in [-0.05, 0) is 73.9 Å². The van der Waals surface area contributed by atoms with Crippen LogP contribution in [0.25, 0.3) is 0 Å². The van der Waals surface area contributed by atoms with Crippen molar-refractivity contribution < 1.29 is 22.7 Å². The van der Waals surface area contributed by atoms with Gasteiger partial charge in [-0.2, -0.15) is 0 Å². The topological polar surface area (TPSA) is 102 Å². The molecule has 0 aliphatic carbocycles. The number of esters is 1. The highest BCUT2D eigenvalue weighted by Gasteiger charge is 2.19. The molecule has 0 aliphatic heterocycles. The van der Waals surface area contributed by atoms with Crippen molar-refractivity contribution in [1.29, 1.82) is 0 Å². The van der Waals surface area contributed by atoms with Crippen molar-refractivity contribution in [2.24, 2.45) is 0 Å². The smallest absolute Gasteiger partial charge is 0.338 e. The third kappa shape index (κ3) is 6.43. The average molecular weight is 467 g/mol. The van der Waals surface area contributed by atoms with Crippen LogP contribution in [0.1, 0.15) is 34.0 Å². The van der Waals surface area contributed by atoms with E-state index in [2.05, 4.69) is 10.0 Å². The van der Waals surface area contributed by atoms with E-state index in [1.807, 2.05) is 44.2 Å². The van der Waals surface area contributed by atoms with Crippen LogP contribution in [0, 0.1) is 13.8 Å². The largest absolute Gasteiger partial charge is 0.449 e. The van der Waals surface area contributed by atoms with Gasteiger partial charge < -0.3 is 10.1 Å². The highest BCUT2D eigenvalue weighted by molar-refractivity contribution is 7.92. The van der Waals surface area contributed by atoms with Gasteiger partial charge in [0.25, 0.3) is 15.9 Å². The Morgan fingerprint density at radius 1 is 0.909 bits per heavy atom. The Kier molecular flexibility index (Phi) is 7.50. The number of hydrogen-bond donors (Lipinski definition) is 2. The number of aryl methyl sites for hydroxylation is 2. The zero-order valence-electron chi connectivity index (χ0n) is 18.7. The van der Waals surface area contributed by atoms with Crippen molar-refractivity contribution >= 4 is 27.6 Å². The first kappa shape index (κ1) is 24.0. The lowest BCUT2D eigenvalue weighted by molar-refractivity contribution is -0.129. The molecule has 0 saturated heterocycles. The Morgan fingerprint density at radius 3 is 2.21 bits per heavy atom. The minimum atomic E-state index is -3.76. The van der Waals surface area contributed by atoms with E-state index in [9.17, 15) is 18.0 Å². The lowest BCUT2D eigenvalue weighted by Crippen LogP contribution is -2.35. The summed E-state index contributed by atoms with van der Waals surface area (Å²) < 4.78 is 33.0. The maximum absolute atomic E-state index is 12.6. The van der Waals surface area contributed by atoms with Gasteiger partial charge in [0.05, 0.1) is 10.5 Å². The Bertz CT molecular complexity index is 1240. The number of sulfonamides is 1. The number of carbonyl (C=O) groups is 2. The fraction of sp³-hybridized carbons (Fsp3) is 0.200. The Labute approximate surface area is 193 Å². The molecule has 1 atom stereocenters. The van der Waals surface area contributed by atoms with Crippen molar-refractivity contribution in [3.63, 3.8) is 0 Å². The number of hydrogen-bond acceptors (Lipinski definition) is 5. The van der Waals surface area contributed by atoms with E-state index < -0.39 is 28.0 Å². The third-order valence-corrected chi connectivity index (χ3v) is 6.50. The first-order valence-electron chi connectivity index (χ1n) is 10.4. The SMILES string of the molecule is Cc1ccc(S(=O)(=O)Nc2ccc(C(=O)OC(C)C(=O)NCc3ccccc3)cc2)cc1C. The predicted octanol–water partition coefficient (Wildman–Crippen LogP) is 3.97. The van der Waals surface area contributed by atoms with Crippen LogP contribution in [0.5, 0.6) is 0 Å². The van der Waals surface area contributed by atoms with Gasteiger partial charge in [-0.25, -0.2) is 13.2 Å². The molecule has 8 heteroatoms. The van der Waals surface area contributed by atoms with E-state index in [4.69, 9.17) is 4.74 Å². The molecule has 172 valence electrons. The summed E-state index contributed by atoms with van der Waals surface area (Å²) in [6.07, 6.45) is -0.982. The fourth-order valence-electron chi connectivity index (χ4n) is 2.98. The van der Waals surface area contributed by atoms with Crippen molar-refractivity contribution in [1.82, 2.24) is 5.32 Å². The summed E-state index contributed by atoms with van der Waals surface area (Å²) in [4.78, 5) is 24.7. The Balaban J connectivity index is 1.58. The molecule has 0 spiro atoms. The van der Waals surface area contributed by atoms with Crippen LogP contribution in [0.2, 0.25) is 0 Å². The monoisotopic (exact) mass is 466 g/mol. The van der Waals surface area contributed by atoms with Crippen molar-refractivity contribution in [2.75, 3.05) is 4.72 Å². The van der Waals surface area contributed by atoms with Gasteiger partial charge in [0.2, 0.25) is 0 Å². The number of ether oxygens (including phenoxy) is 1. The molecule has 1 unspecified atom stereocenters. The van der Waals surface area contributed by atoms with Gasteiger partial charge in [-0.3, -0.25) is 9.52 Å². The summed E-state index contributed by atoms with van der Waals surface area (Å²) in [7, 11) is -3.76. The second-order valence-electron chi connectivity index (χ2n) is 7.68. The summed E-state index contributed by atoms with van der Waals surface area (Å²) in [5.74, 6) is -1.09. The van der Waals surface area contributed by atoms with Crippen LogP contribution < -0.4 is 10.0 Å². The highest BCUT2D eigenvalue weighted by Crippen LogP contribution is 2.19. The van der Waals surface area contributed by atoms with Crippen molar-refractivity contribution in [3.8, 4) is 0 Å². The minimum absolute atomic E-state index is 0.157. The Morgan fingerprint density at radius 2 is 1.58 bits per heavy atom. The molecule has 3 aromatic rings. The zero-order valence-corrected chi connectivity index (χ0v) is 19.5. The number of amides is 1. The molecule has 3 aromatic carbocycles. The lowest BCUT2D eigenvalue weighted by atomic mass is 10.1. The third-order valence-electron chi connectivity index (χ3n) is 5.12. The molecule has 7 nitrogen and oxygen atoms in total. The quantitative estimate of drug-likeness (QED) is 0.489. The molecular weight excluding hydrogens is 440 g/mol. The molecule has 0 radical (unpaired) electrons. The van der Waals surface area contributed by atoms with Gasteiger partial charge in [-0.15, -0.1) is 0 Å². The van der Waals surface area contributed by atoms with E-state index in [-0.39, 0.29) is 10.5 Å². The maximum atomic E-state index is 12.6. The molecular formula is C25H26N2O5S. The van der Waals surface area contributed by atoms with Crippen LogP contribution in [0.15, 0.2) is 77.7 Å². The highest BCUT2D eigenvalue weighted by atomic mass is 32.2. The summed E-state index contributed by atoms with van der Waals surface area (Å²) in [5, 5.41) is 2.72. The van der Waals surface area contributed by atoms with Crippen LogP contribution in [-0.2, 0) is 26.1 Å². The standard InChI is InChI=1S/C25H26N2O5S/c1-17-9-14-23(15-18(17)2)33(30,31)27-22-12-10-21(11-13-22)25(29)32-19(3)24(28)26-16-20-7-5-4-6-8-20/h4-15,19,27H,16H2,1-3H3,(H,26,28). The number of carbonyl (C=O) groups excluding carboxylic acids is 2. The van der Waals surface area contributed by atoms with Gasteiger partial charge in [0, 0.05) is 12.2 Å². The molecule has 2 N–H and O–H groups in total. The molecule has 1 amide bonds. The molecule has 33 heavy (non-hydrogen) atoms. The molecule has 3 rings (SSSR count). The second kappa shape index (κ2) is 10.3. The molecule has 0 heterocycles. The number of rotatable bonds is 8. The molecule has 0 saturated carbocycles. The average Bonchev–Trinajstić information content (AvgIpc) is 2.80.